The van der Waals surface area contributed by atoms with Gasteiger partial charge in [0.1, 0.15) is 18.1 Å². The van der Waals surface area contributed by atoms with Crippen molar-refractivity contribution >= 4 is 21.6 Å². The number of amides is 1. The van der Waals surface area contributed by atoms with Crippen LogP contribution in [0.25, 0.3) is 0 Å². The maximum Gasteiger partial charge on any atom is 0.264 e. The second kappa shape index (κ2) is 9.61. The summed E-state index contributed by atoms with van der Waals surface area (Å²) in [4.78, 5) is 12.7. The van der Waals surface area contributed by atoms with E-state index in [0.29, 0.717) is 22.6 Å². The van der Waals surface area contributed by atoms with E-state index in [1.54, 1.807) is 55.5 Å². The Balaban J connectivity index is 1.85. The minimum absolute atomic E-state index is 0.0565. The first-order chi connectivity index (χ1) is 14.8. The van der Waals surface area contributed by atoms with E-state index < -0.39 is 22.5 Å². The fourth-order valence-electron chi connectivity index (χ4n) is 3.04. The number of para-hydroxylation sites is 1. The van der Waals surface area contributed by atoms with Crippen LogP contribution >= 0.6 is 0 Å². The lowest BCUT2D eigenvalue weighted by Crippen LogP contribution is -2.40. The topological polar surface area (TPSA) is 75.7 Å². The summed E-state index contributed by atoms with van der Waals surface area (Å²) in [5, 5.41) is 2.68. The lowest BCUT2D eigenvalue weighted by atomic mass is 10.2. The van der Waals surface area contributed by atoms with Crippen molar-refractivity contribution in [2.45, 2.75) is 18.4 Å². The summed E-state index contributed by atoms with van der Waals surface area (Å²) >= 11 is 0. The summed E-state index contributed by atoms with van der Waals surface area (Å²) in [6, 6.07) is 18.7. The second-order valence-corrected chi connectivity index (χ2v) is 8.74. The van der Waals surface area contributed by atoms with Gasteiger partial charge in [-0.05, 0) is 60.5 Å². The molecule has 3 rings (SSSR count). The second-order valence-electron chi connectivity index (χ2n) is 6.88. The van der Waals surface area contributed by atoms with Crippen molar-refractivity contribution in [2.24, 2.45) is 0 Å². The van der Waals surface area contributed by atoms with Gasteiger partial charge in [0.05, 0.1) is 17.7 Å². The molecule has 0 saturated carbocycles. The number of rotatable bonds is 8. The van der Waals surface area contributed by atoms with Crippen LogP contribution < -0.4 is 14.4 Å². The molecule has 0 unspecified atom stereocenters. The highest BCUT2D eigenvalue weighted by Crippen LogP contribution is 2.27. The van der Waals surface area contributed by atoms with Crippen LogP contribution in [0.2, 0.25) is 0 Å². The van der Waals surface area contributed by atoms with Crippen molar-refractivity contribution in [3.8, 4) is 5.75 Å². The number of hydrogen-bond acceptors (Lipinski definition) is 4. The SMILES string of the molecule is COc1ccc(S(=O)(=O)N(CC(=O)NCc2ccc(F)cc2)c2ccccc2)cc1C. The summed E-state index contributed by atoms with van der Waals surface area (Å²) < 4.78 is 46.1. The fraction of sp³-hybridized carbons (Fsp3) is 0.174. The Bertz CT molecular complexity index is 1150. The molecule has 0 atom stereocenters. The van der Waals surface area contributed by atoms with E-state index in [2.05, 4.69) is 5.32 Å². The molecule has 6 nitrogen and oxygen atoms in total. The van der Waals surface area contributed by atoms with Crippen LogP contribution in [0, 0.1) is 12.7 Å². The number of aryl methyl sites for hydroxylation is 1. The molecule has 31 heavy (non-hydrogen) atoms. The van der Waals surface area contributed by atoms with Crippen molar-refractivity contribution in [1.82, 2.24) is 5.32 Å². The summed E-state index contributed by atoms with van der Waals surface area (Å²) in [7, 11) is -2.51. The number of sulfonamides is 1. The molecule has 0 aliphatic heterocycles. The molecule has 0 aliphatic carbocycles. The monoisotopic (exact) mass is 442 g/mol. The number of ether oxygens (including phenoxy) is 1. The van der Waals surface area contributed by atoms with E-state index in [9.17, 15) is 17.6 Å². The Morgan fingerprint density at radius 3 is 2.32 bits per heavy atom. The Kier molecular flexibility index (Phi) is 6.91. The minimum Gasteiger partial charge on any atom is -0.496 e. The quantitative estimate of drug-likeness (QED) is 0.578. The molecule has 0 spiro atoms. The van der Waals surface area contributed by atoms with E-state index >= 15 is 0 Å². The third kappa shape index (κ3) is 5.40. The summed E-state index contributed by atoms with van der Waals surface area (Å²) in [6.07, 6.45) is 0. The summed E-state index contributed by atoms with van der Waals surface area (Å²) in [6.45, 7) is 1.50. The Morgan fingerprint density at radius 2 is 1.71 bits per heavy atom. The zero-order valence-electron chi connectivity index (χ0n) is 17.2. The van der Waals surface area contributed by atoms with Crippen molar-refractivity contribution in [1.29, 1.82) is 0 Å². The molecular formula is C23H23FN2O4S. The van der Waals surface area contributed by atoms with Gasteiger partial charge in [-0.2, -0.15) is 0 Å². The molecule has 0 heterocycles. The molecule has 0 radical (unpaired) electrons. The highest BCUT2D eigenvalue weighted by atomic mass is 32.2. The van der Waals surface area contributed by atoms with E-state index in [1.807, 2.05) is 0 Å². The molecule has 0 bridgehead atoms. The van der Waals surface area contributed by atoms with Crippen LogP contribution in [0.1, 0.15) is 11.1 Å². The van der Waals surface area contributed by atoms with Crippen molar-refractivity contribution in [3.05, 3.63) is 89.7 Å². The number of anilines is 1. The average molecular weight is 443 g/mol. The van der Waals surface area contributed by atoms with Crippen LogP contribution in [0.15, 0.2) is 77.7 Å². The zero-order valence-corrected chi connectivity index (χ0v) is 18.0. The van der Waals surface area contributed by atoms with Gasteiger partial charge in [0.25, 0.3) is 10.0 Å². The van der Waals surface area contributed by atoms with Gasteiger partial charge >= 0.3 is 0 Å². The molecule has 0 aromatic heterocycles. The molecule has 3 aromatic rings. The van der Waals surface area contributed by atoms with Crippen LogP contribution in [-0.4, -0.2) is 28.0 Å². The van der Waals surface area contributed by atoms with Gasteiger partial charge in [0.15, 0.2) is 0 Å². The van der Waals surface area contributed by atoms with Gasteiger partial charge in [0.2, 0.25) is 5.91 Å². The number of carbonyl (C=O) groups is 1. The van der Waals surface area contributed by atoms with Crippen LogP contribution in [0.3, 0.4) is 0 Å². The Hall–Kier alpha value is -3.39. The maximum absolute atomic E-state index is 13.4. The van der Waals surface area contributed by atoms with Crippen LogP contribution in [0.4, 0.5) is 10.1 Å². The highest BCUT2D eigenvalue weighted by Gasteiger charge is 2.27. The fourth-order valence-corrected chi connectivity index (χ4v) is 4.54. The van der Waals surface area contributed by atoms with Gasteiger partial charge in [-0.15, -0.1) is 0 Å². The van der Waals surface area contributed by atoms with E-state index in [1.165, 1.54) is 31.4 Å². The molecule has 3 aromatic carbocycles. The van der Waals surface area contributed by atoms with Gasteiger partial charge in [-0.1, -0.05) is 30.3 Å². The first kappa shape index (κ1) is 22.3. The number of nitrogens with one attached hydrogen (secondary N) is 1. The lowest BCUT2D eigenvalue weighted by molar-refractivity contribution is -0.119. The summed E-state index contributed by atoms with van der Waals surface area (Å²) in [5.74, 6) is -0.282. The van der Waals surface area contributed by atoms with E-state index in [4.69, 9.17) is 4.74 Å². The molecule has 8 heteroatoms. The number of hydrogen-bond donors (Lipinski definition) is 1. The molecule has 1 amide bonds. The Labute approximate surface area is 181 Å². The molecule has 0 aliphatic rings. The largest absolute Gasteiger partial charge is 0.496 e. The highest BCUT2D eigenvalue weighted by molar-refractivity contribution is 7.92. The van der Waals surface area contributed by atoms with Crippen LogP contribution in [0.5, 0.6) is 5.75 Å². The first-order valence-corrected chi connectivity index (χ1v) is 11.0. The number of carbonyl (C=O) groups excluding carboxylic acids is 1. The minimum atomic E-state index is -4.02. The molecule has 162 valence electrons. The molecule has 1 N–H and O–H groups in total. The third-order valence-corrected chi connectivity index (χ3v) is 6.46. The van der Waals surface area contributed by atoms with Crippen molar-refractivity contribution in [3.63, 3.8) is 0 Å². The zero-order chi connectivity index (χ0) is 22.4. The van der Waals surface area contributed by atoms with Crippen LogP contribution in [-0.2, 0) is 21.4 Å². The standard InChI is InChI=1S/C23H23FN2O4S/c1-17-14-21(12-13-22(17)30-2)31(28,29)26(20-6-4-3-5-7-20)16-23(27)25-15-18-8-10-19(24)11-9-18/h3-14H,15-16H2,1-2H3,(H,25,27). The van der Waals surface area contributed by atoms with Gasteiger partial charge in [-0.25, -0.2) is 12.8 Å². The normalized spacial score (nSPS) is 11.1. The maximum atomic E-state index is 13.4. The number of nitrogens with zero attached hydrogens (tertiary/aromatic N) is 1. The number of halogens is 1. The first-order valence-electron chi connectivity index (χ1n) is 9.55. The van der Waals surface area contributed by atoms with Gasteiger partial charge < -0.3 is 10.1 Å². The van der Waals surface area contributed by atoms with Gasteiger partial charge in [-0.3, -0.25) is 9.10 Å². The predicted octanol–water partition coefficient (Wildman–Crippen LogP) is 3.65. The molecule has 0 fully saturated rings. The Morgan fingerprint density at radius 1 is 1.03 bits per heavy atom. The number of methoxy groups -OCH3 is 1. The number of benzene rings is 3. The van der Waals surface area contributed by atoms with Crippen molar-refractivity contribution in [2.75, 3.05) is 18.0 Å². The third-order valence-electron chi connectivity index (χ3n) is 4.69. The molecule has 0 saturated heterocycles. The summed E-state index contributed by atoms with van der Waals surface area (Å²) in [5.41, 5.74) is 1.74. The smallest absolute Gasteiger partial charge is 0.264 e. The van der Waals surface area contributed by atoms with Gasteiger partial charge in [0, 0.05) is 6.54 Å². The van der Waals surface area contributed by atoms with Crippen molar-refractivity contribution < 1.29 is 22.3 Å². The average Bonchev–Trinajstić information content (AvgIpc) is 2.77. The van der Waals surface area contributed by atoms with E-state index in [0.717, 1.165) is 4.31 Å². The van der Waals surface area contributed by atoms with E-state index in [-0.39, 0.29) is 17.3 Å². The lowest BCUT2D eigenvalue weighted by Gasteiger charge is -2.24. The predicted molar refractivity (Wildman–Crippen MR) is 117 cm³/mol. The molecular weight excluding hydrogens is 419 g/mol.